The van der Waals surface area contributed by atoms with Crippen LogP contribution < -0.4 is 15.4 Å². The molecule has 2 N–H and O–H groups in total. The van der Waals surface area contributed by atoms with Gasteiger partial charge in [-0.1, -0.05) is 24.3 Å². The van der Waals surface area contributed by atoms with Crippen molar-refractivity contribution < 1.29 is 9.53 Å². The van der Waals surface area contributed by atoms with Gasteiger partial charge in [0.1, 0.15) is 5.75 Å². The molecule has 0 aromatic heterocycles. The first-order chi connectivity index (χ1) is 10.3. The Balaban J connectivity index is 1.91. The number of hydrogen-bond donors (Lipinski definition) is 2. The van der Waals surface area contributed by atoms with Gasteiger partial charge >= 0.3 is 0 Å². The molecule has 1 aliphatic heterocycles. The van der Waals surface area contributed by atoms with Crippen LogP contribution in [0.5, 0.6) is 5.75 Å². The summed E-state index contributed by atoms with van der Waals surface area (Å²) >= 11 is 0. The van der Waals surface area contributed by atoms with Crippen molar-refractivity contribution in [3.8, 4) is 5.75 Å². The summed E-state index contributed by atoms with van der Waals surface area (Å²) in [6.07, 6.45) is 2.14. The molecule has 1 aliphatic rings. The highest BCUT2D eigenvalue weighted by atomic mass is 16.5. The maximum atomic E-state index is 12.5. The highest BCUT2D eigenvalue weighted by Crippen LogP contribution is 2.28. The number of amides is 1. The van der Waals surface area contributed by atoms with Crippen LogP contribution in [0.2, 0.25) is 0 Å². The molecule has 0 aliphatic carbocycles. The second-order valence-electron chi connectivity index (χ2n) is 5.38. The summed E-state index contributed by atoms with van der Waals surface area (Å²) in [4.78, 5) is 12.5. The number of carbonyl (C=O) groups excluding carboxylic acids is 1. The smallest absolute Gasteiger partial charge is 0.252 e. The molecule has 21 heavy (non-hydrogen) atoms. The van der Waals surface area contributed by atoms with Crippen LogP contribution in [0.3, 0.4) is 0 Å². The summed E-state index contributed by atoms with van der Waals surface area (Å²) < 4.78 is 5.37. The lowest BCUT2D eigenvalue weighted by Crippen LogP contribution is -2.45. The van der Waals surface area contributed by atoms with E-state index in [4.69, 9.17) is 4.74 Å². The molecule has 1 amide bonds. The van der Waals surface area contributed by atoms with Gasteiger partial charge in [0.2, 0.25) is 0 Å². The number of hydrogen-bond acceptors (Lipinski definition) is 3. The highest BCUT2D eigenvalue weighted by Gasteiger charge is 2.18. The number of methoxy groups -OCH3 is 1. The van der Waals surface area contributed by atoms with Crippen LogP contribution in [0.25, 0.3) is 10.8 Å². The van der Waals surface area contributed by atoms with Crippen molar-refractivity contribution in [2.24, 2.45) is 0 Å². The monoisotopic (exact) mass is 284 g/mol. The van der Waals surface area contributed by atoms with E-state index < -0.39 is 0 Å². The topological polar surface area (TPSA) is 50.4 Å². The van der Waals surface area contributed by atoms with Crippen molar-refractivity contribution in [2.75, 3.05) is 20.2 Å². The Bertz CT molecular complexity index is 648. The highest BCUT2D eigenvalue weighted by molar-refractivity contribution is 6.08. The Morgan fingerprint density at radius 1 is 1.24 bits per heavy atom. The lowest BCUT2D eigenvalue weighted by atomic mass is 10.0. The summed E-state index contributed by atoms with van der Waals surface area (Å²) in [5.74, 6) is 0.782. The largest absolute Gasteiger partial charge is 0.496 e. The van der Waals surface area contributed by atoms with Gasteiger partial charge in [0.05, 0.1) is 7.11 Å². The molecular weight excluding hydrogens is 264 g/mol. The third-order valence-electron chi connectivity index (χ3n) is 3.98. The van der Waals surface area contributed by atoms with Gasteiger partial charge in [-0.05, 0) is 36.9 Å². The third-order valence-corrected chi connectivity index (χ3v) is 3.98. The van der Waals surface area contributed by atoms with Crippen LogP contribution in [-0.2, 0) is 0 Å². The molecule has 0 unspecified atom stereocenters. The minimum Gasteiger partial charge on any atom is -0.496 e. The molecule has 110 valence electrons. The van der Waals surface area contributed by atoms with Crippen LogP contribution in [0.15, 0.2) is 36.4 Å². The average molecular weight is 284 g/mol. The Morgan fingerprint density at radius 2 is 2.05 bits per heavy atom. The van der Waals surface area contributed by atoms with Gasteiger partial charge < -0.3 is 15.4 Å². The van der Waals surface area contributed by atoms with Gasteiger partial charge in [-0.3, -0.25) is 4.79 Å². The summed E-state index contributed by atoms with van der Waals surface area (Å²) in [5.41, 5.74) is 0.706. The molecule has 1 heterocycles. The summed E-state index contributed by atoms with van der Waals surface area (Å²) in [7, 11) is 1.65. The number of carbonyl (C=O) groups is 1. The fourth-order valence-corrected chi connectivity index (χ4v) is 2.89. The van der Waals surface area contributed by atoms with Crippen molar-refractivity contribution in [1.82, 2.24) is 10.6 Å². The molecule has 0 spiro atoms. The fourth-order valence-electron chi connectivity index (χ4n) is 2.89. The minimum absolute atomic E-state index is 0.0115. The maximum Gasteiger partial charge on any atom is 0.252 e. The van der Waals surface area contributed by atoms with Gasteiger partial charge in [0.25, 0.3) is 5.91 Å². The second-order valence-corrected chi connectivity index (χ2v) is 5.38. The number of fused-ring (bicyclic) bond motifs is 1. The zero-order valence-electron chi connectivity index (χ0n) is 12.2. The van der Waals surface area contributed by atoms with E-state index in [9.17, 15) is 4.79 Å². The van der Waals surface area contributed by atoms with E-state index in [0.717, 1.165) is 42.5 Å². The van der Waals surface area contributed by atoms with Crippen molar-refractivity contribution >= 4 is 16.7 Å². The minimum atomic E-state index is -0.0115. The molecule has 2 aromatic carbocycles. The zero-order chi connectivity index (χ0) is 14.7. The molecular formula is C17H20N2O2. The molecule has 0 bridgehead atoms. The molecule has 1 fully saturated rings. The molecule has 1 saturated heterocycles. The molecule has 0 saturated carbocycles. The average Bonchev–Trinajstić information content (AvgIpc) is 2.54. The number of nitrogens with one attached hydrogen (secondary N) is 2. The van der Waals surface area contributed by atoms with Gasteiger partial charge in [-0.25, -0.2) is 0 Å². The van der Waals surface area contributed by atoms with Crippen LogP contribution in [-0.4, -0.2) is 32.1 Å². The lowest BCUT2D eigenvalue weighted by Gasteiger charge is -2.24. The summed E-state index contributed by atoms with van der Waals surface area (Å²) in [6.45, 7) is 1.89. The van der Waals surface area contributed by atoms with Crippen LogP contribution >= 0.6 is 0 Å². The quantitative estimate of drug-likeness (QED) is 0.909. The predicted molar refractivity (Wildman–Crippen MR) is 83.9 cm³/mol. The molecule has 0 radical (unpaired) electrons. The van der Waals surface area contributed by atoms with Crippen molar-refractivity contribution in [3.05, 3.63) is 42.0 Å². The van der Waals surface area contributed by atoms with Crippen molar-refractivity contribution in [2.45, 2.75) is 18.9 Å². The van der Waals surface area contributed by atoms with E-state index in [2.05, 4.69) is 10.6 Å². The second kappa shape index (κ2) is 6.14. The van der Waals surface area contributed by atoms with Crippen LogP contribution in [0.1, 0.15) is 23.2 Å². The van der Waals surface area contributed by atoms with Crippen LogP contribution in [0.4, 0.5) is 0 Å². The molecule has 3 rings (SSSR count). The van der Waals surface area contributed by atoms with E-state index in [-0.39, 0.29) is 11.9 Å². The zero-order valence-corrected chi connectivity index (χ0v) is 12.2. The predicted octanol–water partition coefficient (Wildman–Crippen LogP) is 2.33. The standard InChI is InChI=1S/C17H20N2O2/c1-21-16-9-8-15(13-6-2-3-7-14(13)16)17(20)19-12-5-4-10-18-11-12/h2-3,6-9,12,18H,4-5,10-11H2,1H3,(H,19,20)/t12-/m0/s1. The first kappa shape index (κ1) is 13.9. The van der Waals surface area contributed by atoms with E-state index >= 15 is 0 Å². The van der Waals surface area contributed by atoms with Crippen molar-refractivity contribution in [3.63, 3.8) is 0 Å². The van der Waals surface area contributed by atoms with E-state index in [1.807, 2.05) is 36.4 Å². The normalized spacial score (nSPS) is 18.4. The number of benzene rings is 2. The Morgan fingerprint density at radius 3 is 2.76 bits per heavy atom. The Kier molecular flexibility index (Phi) is 4.06. The van der Waals surface area contributed by atoms with E-state index in [1.54, 1.807) is 7.11 Å². The molecule has 2 aromatic rings. The summed E-state index contributed by atoms with van der Waals surface area (Å²) in [6, 6.07) is 11.8. The van der Waals surface area contributed by atoms with E-state index in [0.29, 0.717) is 5.56 Å². The number of rotatable bonds is 3. The molecule has 4 nitrogen and oxygen atoms in total. The Hall–Kier alpha value is -2.07. The first-order valence-electron chi connectivity index (χ1n) is 7.37. The number of piperidine rings is 1. The van der Waals surface area contributed by atoms with Crippen molar-refractivity contribution in [1.29, 1.82) is 0 Å². The maximum absolute atomic E-state index is 12.5. The van der Waals surface area contributed by atoms with Crippen LogP contribution in [0, 0.1) is 0 Å². The fraction of sp³-hybridized carbons (Fsp3) is 0.353. The lowest BCUT2D eigenvalue weighted by molar-refractivity contribution is 0.0932. The van der Waals surface area contributed by atoms with E-state index in [1.165, 1.54) is 0 Å². The summed E-state index contributed by atoms with van der Waals surface area (Å²) in [5, 5.41) is 8.33. The van der Waals surface area contributed by atoms with Gasteiger partial charge in [0, 0.05) is 23.5 Å². The number of ether oxygens (including phenoxy) is 1. The van der Waals surface area contributed by atoms with Gasteiger partial charge in [0.15, 0.2) is 0 Å². The van der Waals surface area contributed by atoms with Gasteiger partial charge in [-0.2, -0.15) is 0 Å². The molecule has 4 heteroatoms. The SMILES string of the molecule is COc1ccc(C(=O)N[C@H]2CCCNC2)c2ccccc12. The van der Waals surface area contributed by atoms with Gasteiger partial charge in [-0.15, -0.1) is 0 Å². The first-order valence-corrected chi connectivity index (χ1v) is 7.37. The molecule has 1 atom stereocenters. The Labute approximate surface area is 124 Å². The third kappa shape index (κ3) is 2.85.